The van der Waals surface area contributed by atoms with Crippen LogP contribution in [0.3, 0.4) is 0 Å². The molecule has 1 saturated carbocycles. The summed E-state index contributed by atoms with van der Waals surface area (Å²) in [6.07, 6.45) is -0.964. The van der Waals surface area contributed by atoms with Crippen LogP contribution in [0, 0.1) is 11.7 Å². The number of rotatable bonds is 4. The molecule has 1 aliphatic carbocycles. The molecule has 0 radical (unpaired) electrons. The van der Waals surface area contributed by atoms with Crippen molar-refractivity contribution in [1.29, 1.82) is 0 Å². The van der Waals surface area contributed by atoms with Crippen LogP contribution in [0.15, 0.2) is 30.3 Å². The maximum absolute atomic E-state index is 14.3. The Labute approximate surface area is 193 Å². The molecule has 1 aliphatic heterocycles. The first-order valence-corrected chi connectivity index (χ1v) is 11.3. The zero-order valence-corrected chi connectivity index (χ0v) is 18.5. The molecule has 1 N–H and O–H groups in total. The van der Waals surface area contributed by atoms with Gasteiger partial charge in [-0.05, 0) is 48.1 Å². The summed E-state index contributed by atoms with van der Waals surface area (Å²) in [5.41, 5.74) is 0.249. The van der Waals surface area contributed by atoms with Gasteiger partial charge in [0.15, 0.2) is 0 Å². The van der Waals surface area contributed by atoms with Crippen molar-refractivity contribution < 1.29 is 27.2 Å². The minimum Gasteiger partial charge on any atom is -0.338 e. The number of carbonyl (C=O) groups is 2. The van der Waals surface area contributed by atoms with Gasteiger partial charge in [-0.3, -0.25) is 9.59 Å². The van der Waals surface area contributed by atoms with Gasteiger partial charge < -0.3 is 10.2 Å². The third-order valence-electron chi connectivity index (χ3n) is 6.37. The van der Waals surface area contributed by atoms with Crippen molar-refractivity contribution in [3.05, 3.63) is 63.4 Å². The van der Waals surface area contributed by atoms with Crippen LogP contribution >= 0.6 is 11.6 Å². The van der Waals surface area contributed by atoms with Crippen molar-refractivity contribution in [3.8, 4) is 0 Å². The molecular formula is C24H23ClF4N2O2. The van der Waals surface area contributed by atoms with Crippen molar-refractivity contribution in [3.63, 3.8) is 0 Å². The standard InChI is InChI=1S/C24H23ClF4N2O2/c25-19-9-8-16-13-31(23(33)14-4-1-2-5-14)11-10-17(16)22(19)30-20(32)12-15-6-3-7-18(21(15)26)24(27,28)29/h3,6-9,14H,1-2,4-5,10-13H2,(H,30,32). The summed E-state index contributed by atoms with van der Waals surface area (Å²) in [6.45, 7) is 0.904. The number of hydrogen-bond acceptors (Lipinski definition) is 2. The lowest BCUT2D eigenvalue weighted by Crippen LogP contribution is -2.39. The molecule has 2 aliphatic rings. The maximum atomic E-state index is 14.3. The first-order valence-electron chi connectivity index (χ1n) is 10.9. The second kappa shape index (κ2) is 9.33. The number of carbonyl (C=O) groups excluding carboxylic acids is 2. The summed E-state index contributed by atoms with van der Waals surface area (Å²) < 4.78 is 53.2. The molecule has 0 spiro atoms. The molecule has 0 saturated heterocycles. The average molecular weight is 483 g/mol. The van der Waals surface area contributed by atoms with E-state index in [1.165, 1.54) is 0 Å². The first-order chi connectivity index (χ1) is 15.6. The molecular weight excluding hydrogens is 460 g/mol. The molecule has 2 aromatic rings. The van der Waals surface area contributed by atoms with Gasteiger partial charge in [0.2, 0.25) is 11.8 Å². The number of anilines is 1. The largest absolute Gasteiger partial charge is 0.419 e. The Bertz CT molecular complexity index is 1080. The smallest absolute Gasteiger partial charge is 0.338 e. The minimum absolute atomic E-state index is 0.0698. The fourth-order valence-electron chi connectivity index (χ4n) is 4.67. The second-order valence-corrected chi connectivity index (χ2v) is 8.96. The van der Waals surface area contributed by atoms with Crippen LogP contribution in [0.4, 0.5) is 23.2 Å². The number of halogens is 5. The van der Waals surface area contributed by atoms with Gasteiger partial charge in [0.25, 0.3) is 0 Å². The van der Waals surface area contributed by atoms with Crippen molar-refractivity contribution >= 4 is 29.1 Å². The van der Waals surface area contributed by atoms with Crippen LogP contribution in [-0.4, -0.2) is 23.3 Å². The zero-order valence-electron chi connectivity index (χ0n) is 17.8. The molecule has 33 heavy (non-hydrogen) atoms. The van der Waals surface area contributed by atoms with Crippen LogP contribution in [0.5, 0.6) is 0 Å². The minimum atomic E-state index is -4.85. The van der Waals surface area contributed by atoms with E-state index in [4.69, 9.17) is 11.6 Å². The number of fused-ring (bicyclic) bond motifs is 1. The highest BCUT2D eigenvalue weighted by Crippen LogP contribution is 2.35. The first kappa shape index (κ1) is 23.5. The normalized spacial score (nSPS) is 16.6. The molecule has 2 amide bonds. The number of benzene rings is 2. The Kier molecular flexibility index (Phi) is 6.66. The molecule has 1 fully saturated rings. The van der Waals surface area contributed by atoms with E-state index in [0.717, 1.165) is 48.9 Å². The fraction of sp³-hybridized carbons (Fsp3) is 0.417. The van der Waals surface area contributed by atoms with E-state index in [0.29, 0.717) is 31.3 Å². The Morgan fingerprint density at radius 3 is 2.55 bits per heavy atom. The fourth-order valence-corrected chi connectivity index (χ4v) is 4.90. The summed E-state index contributed by atoms with van der Waals surface area (Å²) in [6, 6.07) is 6.29. The second-order valence-electron chi connectivity index (χ2n) is 8.55. The molecule has 0 unspecified atom stereocenters. The molecule has 2 aromatic carbocycles. The van der Waals surface area contributed by atoms with Gasteiger partial charge in [0.05, 0.1) is 22.7 Å². The molecule has 4 nitrogen and oxygen atoms in total. The van der Waals surface area contributed by atoms with Gasteiger partial charge in [-0.2, -0.15) is 13.2 Å². The quantitative estimate of drug-likeness (QED) is 0.564. The number of alkyl halides is 3. The van der Waals surface area contributed by atoms with Gasteiger partial charge in [-0.1, -0.05) is 42.6 Å². The SMILES string of the molecule is O=C(Cc1cccc(C(F)(F)F)c1F)Nc1c(Cl)ccc2c1CCN(C(=O)C1CCCC1)C2. The van der Waals surface area contributed by atoms with Crippen molar-refractivity contribution in [1.82, 2.24) is 4.90 Å². The zero-order chi connectivity index (χ0) is 23.8. The van der Waals surface area contributed by atoms with Gasteiger partial charge in [0, 0.05) is 19.0 Å². The van der Waals surface area contributed by atoms with Gasteiger partial charge in [0.1, 0.15) is 5.82 Å². The van der Waals surface area contributed by atoms with E-state index >= 15 is 0 Å². The van der Waals surface area contributed by atoms with E-state index in [-0.39, 0.29) is 22.4 Å². The van der Waals surface area contributed by atoms with Crippen LogP contribution in [0.2, 0.25) is 5.02 Å². The highest BCUT2D eigenvalue weighted by molar-refractivity contribution is 6.34. The topological polar surface area (TPSA) is 49.4 Å². The number of amides is 2. The van der Waals surface area contributed by atoms with Crippen LogP contribution < -0.4 is 5.32 Å². The van der Waals surface area contributed by atoms with Crippen LogP contribution in [0.25, 0.3) is 0 Å². The van der Waals surface area contributed by atoms with Crippen molar-refractivity contribution in [2.45, 2.75) is 51.2 Å². The van der Waals surface area contributed by atoms with E-state index in [1.54, 1.807) is 6.07 Å². The van der Waals surface area contributed by atoms with Gasteiger partial charge in [-0.25, -0.2) is 4.39 Å². The third kappa shape index (κ3) is 5.00. The van der Waals surface area contributed by atoms with E-state index in [2.05, 4.69) is 5.32 Å². The predicted octanol–water partition coefficient (Wildman–Crippen LogP) is 5.75. The van der Waals surface area contributed by atoms with Gasteiger partial charge in [-0.15, -0.1) is 0 Å². The molecule has 9 heteroatoms. The highest BCUT2D eigenvalue weighted by atomic mass is 35.5. The summed E-state index contributed by atoms with van der Waals surface area (Å²) in [5.74, 6) is -1.91. The average Bonchev–Trinajstić information content (AvgIpc) is 3.30. The summed E-state index contributed by atoms with van der Waals surface area (Å²) >= 11 is 6.31. The number of nitrogens with zero attached hydrogens (tertiary/aromatic N) is 1. The third-order valence-corrected chi connectivity index (χ3v) is 6.68. The van der Waals surface area contributed by atoms with E-state index in [1.807, 2.05) is 11.0 Å². The van der Waals surface area contributed by atoms with E-state index in [9.17, 15) is 27.2 Å². The van der Waals surface area contributed by atoms with E-state index < -0.39 is 29.9 Å². The Morgan fingerprint density at radius 1 is 1.12 bits per heavy atom. The monoisotopic (exact) mass is 482 g/mol. The molecule has 1 heterocycles. The summed E-state index contributed by atoms with van der Waals surface area (Å²) in [7, 11) is 0. The number of hydrogen-bond donors (Lipinski definition) is 1. The lowest BCUT2D eigenvalue weighted by molar-refractivity contribution is -0.140. The molecule has 176 valence electrons. The maximum Gasteiger partial charge on any atom is 0.419 e. The Balaban J connectivity index is 1.50. The van der Waals surface area contributed by atoms with Crippen molar-refractivity contribution in [2.24, 2.45) is 5.92 Å². The molecule has 0 aromatic heterocycles. The molecule has 4 rings (SSSR count). The molecule has 0 bridgehead atoms. The van der Waals surface area contributed by atoms with Gasteiger partial charge >= 0.3 is 6.18 Å². The lowest BCUT2D eigenvalue weighted by atomic mass is 9.95. The molecule has 0 atom stereocenters. The van der Waals surface area contributed by atoms with Crippen LogP contribution in [-0.2, 0) is 35.2 Å². The Morgan fingerprint density at radius 2 is 1.85 bits per heavy atom. The summed E-state index contributed by atoms with van der Waals surface area (Å²) in [4.78, 5) is 27.2. The summed E-state index contributed by atoms with van der Waals surface area (Å²) in [5, 5.41) is 2.93. The van der Waals surface area contributed by atoms with Crippen molar-refractivity contribution in [2.75, 3.05) is 11.9 Å². The van der Waals surface area contributed by atoms with Crippen LogP contribution in [0.1, 0.15) is 47.9 Å². The lowest BCUT2D eigenvalue weighted by Gasteiger charge is -2.32. The highest BCUT2D eigenvalue weighted by Gasteiger charge is 2.35. The Hall–Kier alpha value is -2.61. The number of nitrogens with one attached hydrogen (secondary N) is 1. The predicted molar refractivity (Wildman–Crippen MR) is 116 cm³/mol.